The van der Waals surface area contributed by atoms with Crippen molar-refractivity contribution in [2.24, 2.45) is 5.73 Å². The summed E-state index contributed by atoms with van der Waals surface area (Å²) in [6.45, 7) is 5.17. The molecule has 3 N–H and O–H groups in total. The van der Waals surface area contributed by atoms with Gasteiger partial charge in [0.15, 0.2) is 0 Å². The number of carbonyl (C=O) groups excluding carboxylic acids is 1. The highest BCUT2D eigenvalue weighted by atomic mass is 16.5. The van der Waals surface area contributed by atoms with Crippen LogP contribution in [0.25, 0.3) is 0 Å². The van der Waals surface area contributed by atoms with E-state index in [1.807, 2.05) is 30.3 Å². The van der Waals surface area contributed by atoms with E-state index in [4.69, 9.17) is 10.5 Å². The number of amides is 1. The van der Waals surface area contributed by atoms with Gasteiger partial charge in [0.05, 0.1) is 0 Å². The first kappa shape index (κ1) is 14.7. The molecule has 1 amide bonds. The first-order valence-corrected chi connectivity index (χ1v) is 6.53. The van der Waals surface area contributed by atoms with Crippen LogP contribution in [0.3, 0.4) is 0 Å². The molecule has 0 fully saturated rings. The number of carbonyl (C=O) groups is 1. The average molecular weight is 283 g/mol. The number of ether oxygens (including phenoxy) is 1. The van der Waals surface area contributed by atoms with E-state index < -0.39 is 5.91 Å². The molecule has 0 saturated heterocycles. The van der Waals surface area contributed by atoms with Gasteiger partial charge in [-0.05, 0) is 23.8 Å². The van der Waals surface area contributed by atoms with Crippen LogP contribution in [0, 0.1) is 0 Å². The fraction of sp³-hybridized carbons (Fsp3) is 0.125. The molecular weight excluding hydrogens is 266 g/mol. The van der Waals surface area contributed by atoms with Crippen molar-refractivity contribution in [1.82, 2.24) is 10.3 Å². The molecule has 5 nitrogen and oxygen atoms in total. The lowest BCUT2D eigenvalue weighted by Gasteiger charge is -2.09. The summed E-state index contributed by atoms with van der Waals surface area (Å²) in [7, 11) is 0. The van der Waals surface area contributed by atoms with E-state index in [2.05, 4.69) is 16.9 Å². The Morgan fingerprint density at radius 3 is 2.76 bits per heavy atom. The van der Waals surface area contributed by atoms with E-state index in [1.54, 1.807) is 12.3 Å². The minimum Gasteiger partial charge on any atom is -0.456 e. The molecule has 1 heterocycles. The van der Waals surface area contributed by atoms with E-state index >= 15 is 0 Å². The van der Waals surface area contributed by atoms with Crippen molar-refractivity contribution in [3.8, 4) is 11.5 Å². The van der Waals surface area contributed by atoms with Gasteiger partial charge in [0, 0.05) is 25.5 Å². The quantitative estimate of drug-likeness (QED) is 0.603. The van der Waals surface area contributed by atoms with Gasteiger partial charge in [0.1, 0.15) is 17.1 Å². The van der Waals surface area contributed by atoms with Gasteiger partial charge in [-0.1, -0.05) is 18.2 Å². The molecule has 21 heavy (non-hydrogen) atoms. The zero-order valence-corrected chi connectivity index (χ0v) is 11.6. The maximum atomic E-state index is 11.3. The lowest BCUT2D eigenvalue weighted by molar-refractivity contribution is 0.0997. The van der Waals surface area contributed by atoms with E-state index in [0.29, 0.717) is 11.5 Å². The number of pyridine rings is 1. The largest absolute Gasteiger partial charge is 0.456 e. The average Bonchev–Trinajstić information content (AvgIpc) is 2.50. The summed E-state index contributed by atoms with van der Waals surface area (Å²) in [5.74, 6) is 0.467. The second-order valence-electron chi connectivity index (χ2n) is 4.40. The minimum absolute atomic E-state index is 0.259. The third-order valence-electron chi connectivity index (χ3n) is 2.82. The van der Waals surface area contributed by atoms with Crippen LogP contribution in [0.4, 0.5) is 0 Å². The number of aromatic nitrogens is 1. The Bertz CT molecular complexity index is 624. The first-order chi connectivity index (χ1) is 10.2. The highest BCUT2D eigenvalue weighted by Gasteiger charge is 2.09. The molecule has 0 unspecified atom stereocenters. The Labute approximate surface area is 123 Å². The van der Waals surface area contributed by atoms with E-state index in [9.17, 15) is 4.79 Å². The van der Waals surface area contributed by atoms with Crippen molar-refractivity contribution in [2.75, 3.05) is 6.54 Å². The van der Waals surface area contributed by atoms with Gasteiger partial charge in [-0.3, -0.25) is 9.78 Å². The van der Waals surface area contributed by atoms with Crippen LogP contribution in [-0.4, -0.2) is 17.4 Å². The summed E-state index contributed by atoms with van der Waals surface area (Å²) in [6, 6.07) is 9.21. The molecule has 0 radical (unpaired) electrons. The van der Waals surface area contributed by atoms with Gasteiger partial charge in [-0.15, -0.1) is 6.58 Å². The fourth-order valence-corrected chi connectivity index (χ4v) is 1.78. The van der Waals surface area contributed by atoms with Crippen LogP contribution in [0.15, 0.2) is 55.4 Å². The SMILES string of the molecule is C=CCNCc1ccc(Oc2ccncc2C(N)=O)cc1. The molecule has 0 spiro atoms. The Morgan fingerprint density at radius 2 is 2.10 bits per heavy atom. The van der Waals surface area contributed by atoms with Crippen molar-refractivity contribution >= 4 is 5.91 Å². The lowest BCUT2D eigenvalue weighted by Crippen LogP contribution is -2.13. The van der Waals surface area contributed by atoms with Gasteiger partial charge >= 0.3 is 0 Å². The molecule has 0 aliphatic carbocycles. The number of nitrogens with zero attached hydrogens (tertiary/aromatic N) is 1. The van der Waals surface area contributed by atoms with Crippen LogP contribution < -0.4 is 15.8 Å². The van der Waals surface area contributed by atoms with Crippen LogP contribution in [0.5, 0.6) is 11.5 Å². The number of nitrogens with two attached hydrogens (primary N) is 1. The van der Waals surface area contributed by atoms with Crippen molar-refractivity contribution in [2.45, 2.75) is 6.54 Å². The summed E-state index contributed by atoms with van der Waals surface area (Å²) in [5.41, 5.74) is 6.68. The Kier molecular flexibility index (Phi) is 5.06. The van der Waals surface area contributed by atoms with Crippen LogP contribution in [0.1, 0.15) is 15.9 Å². The molecule has 108 valence electrons. The molecule has 2 rings (SSSR count). The monoisotopic (exact) mass is 283 g/mol. The Hall–Kier alpha value is -2.66. The van der Waals surface area contributed by atoms with Crippen LogP contribution in [0.2, 0.25) is 0 Å². The van der Waals surface area contributed by atoms with Crippen LogP contribution >= 0.6 is 0 Å². The highest BCUT2D eigenvalue weighted by molar-refractivity contribution is 5.95. The standard InChI is InChI=1S/C16H17N3O2/c1-2-8-18-10-12-3-5-13(6-4-12)21-15-7-9-19-11-14(15)16(17)20/h2-7,9,11,18H,1,8,10H2,(H2,17,20). The van der Waals surface area contributed by atoms with Crippen molar-refractivity contribution in [3.05, 3.63) is 66.5 Å². The Balaban J connectivity index is 2.07. The number of primary amides is 1. The maximum absolute atomic E-state index is 11.3. The second-order valence-corrected chi connectivity index (χ2v) is 4.40. The number of nitrogens with one attached hydrogen (secondary N) is 1. The van der Waals surface area contributed by atoms with Crippen molar-refractivity contribution in [3.63, 3.8) is 0 Å². The summed E-state index contributed by atoms with van der Waals surface area (Å²) in [4.78, 5) is 15.2. The zero-order valence-electron chi connectivity index (χ0n) is 11.6. The molecule has 1 aromatic heterocycles. The van der Waals surface area contributed by atoms with Crippen LogP contribution in [-0.2, 0) is 6.54 Å². The molecule has 2 aromatic rings. The smallest absolute Gasteiger partial charge is 0.254 e. The van der Waals surface area contributed by atoms with Crippen molar-refractivity contribution in [1.29, 1.82) is 0 Å². The van der Waals surface area contributed by atoms with E-state index in [0.717, 1.165) is 18.7 Å². The zero-order chi connectivity index (χ0) is 15.1. The number of rotatable bonds is 7. The number of hydrogen-bond donors (Lipinski definition) is 2. The molecule has 0 aliphatic rings. The van der Waals surface area contributed by atoms with Gasteiger partial charge in [0.25, 0.3) is 5.91 Å². The third-order valence-corrected chi connectivity index (χ3v) is 2.82. The molecule has 0 aliphatic heterocycles. The van der Waals surface area contributed by atoms with Gasteiger partial charge in [-0.2, -0.15) is 0 Å². The second kappa shape index (κ2) is 7.21. The number of hydrogen-bond acceptors (Lipinski definition) is 4. The topological polar surface area (TPSA) is 77.2 Å². The third kappa shape index (κ3) is 4.15. The molecular formula is C16H17N3O2. The van der Waals surface area contributed by atoms with E-state index in [1.165, 1.54) is 6.20 Å². The fourth-order valence-electron chi connectivity index (χ4n) is 1.78. The lowest BCUT2D eigenvalue weighted by atomic mass is 10.2. The maximum Gasteiger partial charge on any atom is 0.254 e. The predicted octanol–water partition coefficient (Wildman–Crippen LogP) is 2.25. The molecule has 0 atom stereocenters. The molecule has 5 heteroatoms. The summed E-state index contributed by atoms with van der Waals surface area (Å²) >= 11 is 0. The molecule has 0 bridgehead atoms. The molecule has 0 saturated carbocycles. The first-order valence-electron chi connectivity index (χ1n) is 6.53. The number of benzene rings is 1. The van der Waals surface area contributed by atoms with Crippen molar-refractivity contribution < 1.29 is 9.53 Å². The summed E-state index contributed by atoms with van der Waals surface area (Å²) in [5, 5.41) is 3.22. The Morgan fingerprint density at radius 1 is 1.33 bits per heavy atom. The van der Waals surface area contributed by atoms with Gasteiger partial charge in [0.2, 0.25) is 0 Å². The predicted molar refractivity (Wildman–Crippen MR) is 81.2 cm³/mol. The van der Waals surface area contributed by atoms with Gasteiger partial charge < -0.3 is 15.8 Å². The highest BCUT2D eigenvalue weighted by Crippen LogP contribution is 2.24. The minimum atomic E-state index is -0.566. The van der Waals surface area contributed by atoms with Gasteiger partial charge in [-0.25, -0.2) is 0 Å². The normalized spacial score (nSPS) is 10.1. The summed E-state index contributed by atoms with van der Waals surface area (Å²) < 4.78 is 5.67. The van der Waals surface area contributed by atoms with E-state index in [-0.39, 0.29) is 5.56 Å². The summed E-state index contributed by atoms with van der Waals surface area (Å²) in [6.07, 6.45) is 4.76. The molecule has 1 aromatic carbocycles.